The van der Waals surface area contributed by atoms with E-state index >= 15 is 0 Å². The van der Waals surface area contributed by atoms with E-state index in [0.29, 0.717) is 13.2 Å². The number of carbonyl (C=O) groups excluding carboxylic acids is 1. The van der Waals surface area contributed by atoms with Crippen molar-refractivity contribution in [3.8, 4) is 5.75 Å². The zero-order valence-electron chi connectivity index (χ0n) is 14.1. The zero-order chi connectivity index (χ0) is 17.3. The van der Waals surface area contributed by atoms with Gasteiger partial charge in [-0.1, -0.05) is 6.92 Å². The Labute approximate surface area is 145 Å². The summed E-state index contributed by atoms with van der Waals surface area (Å²) in [7, 11) is 0. The molecule has 2 aromatic heterocycles. The summed E-state index contributed by atoms with van der Waals surface area (Å²) in [6.07, 6.45) is 5.18. The molecule has 0 radical (unpaired) electrons. The van der Waals surface area contributed by atoms with Gasteiger partial charge in [-0.25, -0.2) is 9.97 Å². The van der Waals surface area contributed by atoms with Gasteiger partial charge in [0.2, 0.25) is 5.91 Å². The highest BCUT2D eigenvalue weighted by molar-refractivity contribution is 5.85. The van der Waals surface area contributed by atoms with E-state index in [9.17, 15) is 4.79 Å². The van der Waals surface area contributed by atoms with Crippen LogP contribution in [-0.2, 0) is 17.9 Å². The van der Waals surface area contributed by atoms with Gasteiger partial charge in [-0.3, -0.25) is 4.79 Å². The van der Waals surface area contributed by atoms with Crippen LogP contribution in [0, 0.1) is 5.41 Å². The first kappa shape index (κ1) is 15.6. The van der Waals surface area contributed by atoms with Gasteiger partial charge in [0.15, 0.2) is 0 Å². The molecule has 4 rings (SSSR count). The Balaban J connectivity index is 1.41. The summed E-state index contributed by atoms with van der Waals surface area (Å²) in [5, 5.41) is 4.10. The van der Waals surface area contributed by atoms with Crippen LogP contribution in [0.25, 0.3) is 10.9 Å². The van der Waals surface area contributed by atoms with E-state index in [1.54, 1.807) is 6.20 Å². The summed E-state index contributed by atoms with van der Waals surface area (Å²) in [5.41, 5.74) is 2.66. The van der Waals surface area contributed by atoms with Gasteiger partial charge in [0.05, 0.1) is 12.2 Å². The average Bonchev–Trinajstić information content (AvgIpc) is 3.26. The summed E-state index contributed by atoms with van der Waals surface area (Å²) < 4.78 is 5.78. The van der Waals surface area contributed by atoms with Crippen LogP contribution in [0.5, 0.6) is 5.75 Å². The number of hydrogen-bond donors (Lipinski definition) is 2. The second-order valence-electron chi connectivity index (χ2n) is 6.78. The van der Waals surface area contributed by atoms with Crippen LogP contribution in [0.3, 0.4) is 0 Å². The smallest absolute Gasteiger partial charge is 0.226 e. The predicted octanol–water partition coefficient (Wildman–Crippen LogP) is 2.95. The standard InChI is InChI=1S/C19H20N4O2/c1-19(5-6-19)18(24)21-10-15-8-13-2-3-16(9-17(13)23-15)25-11-14-4-7-20-12-22-14/h2-4,7-9,12,23H,5-6,10-11H2,1H3,(H,21,24). The van der Waals surface area contributed by atoms with Crippen molar-refractivity contribution in [1.29, 1.82) is 0 Å². The topological polar surface area (TPSA) is 79.9 Å². The number of nitrogens with zero attached hydrogens (tertiary/aromatic N) is 2. The largest absolute Gasteiger partial charge is 0.487 e. The fourth-order valence-corrected chi connectivity index (χ4v) is 2.72. The Morgan fingerprint density at radius 2 is 2.20 bits per heavy atom. The summed E-state index contributed by atoms with van der Waals surface area (Å²) in [4.78, 5) is 23.4. The number of nitrogens with one attached hydrogen (secondary N) is 2. The lowest BCUT2D eigenvalue weighted by molar-refractivity contribution is -0.125. The molecular formula is C19H20N4O2. The van der Waals surface area contributed by atoms with Crippen molar-refractivity contribution < 1.29 is 9.53 Å². The van der Waals surface area contributed by atoms with Gasteiger partial charge in [0.1, 0.15) is 18.7 Å². The van der Waals surface area contributed by atoms with E-state index < -0.39 is 0 Å². The van der Waals surface area contributed by atoms with Crippen molar-refractivity contribution in [1.82, 2.24) is 20.3 Å². The molecule has 128 valence electrons. The van der Waals surface area contributed by atoms with E-state index in [1.807, 2.05) is 31.2 Å². The third-order valence-electron chi connectivity index (χ3n) is 4.67. The van der Waals surface area contributed by atoms with Crippen LogP contribution >= 0.6 is 0 Å². The van der Waals surface area contributed by atoms with Crippen molar-refractivity contribution >= 4 is 16.8 Å². The lowest BCUT2D eigenvalue weighted by Gasteiger charge is -2.08. The Bertz CT molecular complexity index is 900. The van der Waals surface area contributed by atoms with Crippen LogP contribution in [0.4, 0.5) is 0 Å². The number of fused-ring (bicyclic) bond motifs is 1. The van der Waals surface area contributed by atoms with Crippen LogP contribution < -0.4 is 10.1 Å². The number of ether oxygens (including phenoxy) is 1. The first-order valence-electron chi connectivity index (χ1n) is 8.40. The van der Waals surface area contributed by atoms with Crippen molar-refractivity contribution in [2.45, 2.75) is 32.9 Å². The molecule has 25 heavy (non-hydrogen) atoms. The molecule has 1 aliphatic carbocycles. The number of hydrogen-bond acceptors (Lipinski definition) is 4. The SMILES string of the molecule is CC1(C(=O)NCc2cc3ccc(OCc4ccncn4)cc3[nH]2)CC1. The van der Waals surface area contributed by atoms with Crippen molar-refractivity contribution in [2.75, 3.05) is 0 Å². The number of rotatable bonds is 6. The summed E-state index contributed by atoms with van der Waals surface area (Å²) in [6.45, 7) is 2.92. The molecule has 6 heteroatoms. The zero-order valence-corrected chi connectivity index (χ0v) is 14.1. The maximum absolute atomic E-state index is 12.0. The molecule has 1 amide bonds. The molecule has 2 N–H and O–H groups in total. The molecule has 1 saturated carbocycles. The minimum Gasteiger partial charge on any atom is -0.487 e. The van der Waals surface area contributed by atoms with Gasteiger partial charge < -0.3 is 15.0 Å². The fraction of sp³-hybridized carbons (Fsp3) is 0.316. The van der Waals surface area contributed by atoms with Gasteiger partial charge >= 0.3 is 0 Å². The molecule has 6 nitrogen and oxygen atoms in total. The van der Waals surface area contributed by atoms with Crippen molar-refractivity contribution in [3.63, 3.8) is 0 Å². The molecule has 0 aliphatic heterocycles. The summed E-state index contributed by atoms with van der Waals surface area (Å²) in [5.74, 6) is 0.911. The Morgan fingerprint density at radius 3 is 2.96 bits per heavy atom. The van der Waals surface area contributed by atoms with Gasteiger partial charge in [-0.2, -0.15) is 0 Å². The molecule has 2 heterocycles. The van der Waals surface area contributed by atoms with Crippen LogP contribution in [-0.4, -0.2) is 20.9 Å². The highest BCUT2D eigenvalue weighted by Crippen LogP contribution is 2.45. The van der Waals surface area contributed by atoms with Gasteiger partial charge in [-0.15, -0.1) is 0 Å². The lowest BCUT2D eigenvalue weighted by Crippen LogP contribution is -2.29. The summed E-state index contributed by atoms with van der Waals surface area (Å²) >= 11 is 0. The second-order valence-corrected chi connectivity index (χ2v) is 6.78. The van der Waals surface area contributed by atoms with Crippen LogP contribution in [0.1, 0.15) is 31.2 Å². The van der Waals surface area contributed by atoms with Crippen LogP contribution in [0.2, 0.25) is 0 Å². The number of amides is 1. The molecule has 1 fully saturated rings. The van der Waals surface area contributed by atoms with Gasteiger partial charge in [-0.05, 0) is 42.5 Å². The normalized spacial score (nSPS) is 15.1. The average molecular weight is 336 g/mol. The maximum Gasteiger partial charge on any atom is 0.226 e. The maximum atomic E-state index is 12.0. The first-order chi connectivity index (χ1) is 12.1. The Morgan fingerprint density at radius 1 is 1.32 bits per heavy atom. The monoisotopic (exact) mass is 336 g/mol. The molecule has 3 aromatic rings. The van der Waals surface area contributed by atoms with E-state index in [4.69, 9.17) is 4.74 Å². The third-order valence-corrected chi connectivity index (χ3v) is 4.67. The Hall–Kier alpha value is -2.89. The summed E-state index contributed by atoms with van der Waals surface area (Å²) in [6, 6.07) is 9.79. The second kappa shape index (κ2) is 6.20. The predicted molar refractivity (Wildman–Crippen MR) is 93.9 cm³/mol. The van der Waals surface area contributed by atoms with E-state index in [1.165, 1.54) is 6.33 Å². The number of aromatic amines is 1. The minimum absolute atomic E-state index is 0.139. The molecule has 0 bridgehead atoms. The van der Waals surface area contributed by atoms with E-state index in [0.717, 1.165) is 40.9 Å². The van der Waals surface area contributed by atoms with Crippen molar-refractivity contribution in [2.24, 2.45) is 5.41 Å². The van der Waals surface area contributed by atoms with Gasteiger partial charge in [0.25, 0.3) is 0 Å². The molecule has 0 atom stereocenters. The first-order valence-corrected chi connectivity index (χ1v) is 8.40. The number of H-pyrrole nitrogens is 1. The molecule has 0 unspecified atom stereocenters. The lowest BCUT2D eigenvalue weighted by atomic mass is 10.1. The number of benzene rings is 1. The third kappa shape index (κ3) is 3.47. The minimum atomic E-state index is -0.145. The highest BCUT2D eigenvalue weighted by Gasteiger charge is 2.44. The molecule has 1 aromatic carbocycles. The molecule has 0 spiro atoms. The Kier molecular flexibility index (Phi) is 3.87. The number of carbonyl (C=O) groups is 1. The van der Waals surface area contributed by atoms with Gasteiger partial charge in [0, 0.05) is 28.9 Å². The highest BCUT2D eigenvalue weighted by atomic mass is 16.5. The van der Waals surface area contributed by atoms with E-state index in [2.05, 4.69) is 26.3 Å². The van der Waals surface area contributed by atoms with Crippen LogP contribution in [0.15, 0.2) is 42.9 Å². The number of aromatic nitrogens is 3. The molecule has 0 saturated heterocycles. The molecular weight excluding hydrogens is 316 g/mol. The van der Waals surface area contributed by atoms with Crippen molar-refractivity contribution in [3.05, 3.63) is 54.2 Å². The quantitative estimate of drug-likeness (QED) is 0.725. The van der Waals surface area contributed by atoms with E-state index in [-0.39, 0.29) is 11.3 Å². The molecule has 1 aliphatic rings. The fourth-order valence-electron chi connectivity index (χ4n) is 2.72.